The van der Waals surface area contributed by atoms with Crippen LogP contribution in [0.25, 0.3) is 0 Å². The second-order valence-corrected chi connectivity index (χ2v) is 4.27. The fourth-order valence-corrected chi connectivity index (χ4v) is 1.29. The predicted molar refractivity (Wildman–Crippen MR) is 55.5 cm³/mol. The van der Waals surface area contributed by atoms with E-state index in [1.54, 1.807) is 26.0 Å². The number of hydrogen-bond acceptors (Lipinski definition) is 1. The molecule has 1 aromatic rings. The first kappa shape index (κ1) is 11.2. The number of benzene rings is 1. The van der Waals surface area contributed by atoms with Crippen LogP contribution in [0.4, 0.5) is 4.39 Å². The van der Waals surface area contributed by atoms with Crippen molar-refractivity contribution in [2.75, 3.05) is 0 Å². The van der Waals surface area contributed by atoms with Crippen molar-refractivity contribution in [1.82, 2.24) is 0 Å². The molecule has 1 atom stereocenters. The van der Waals surface area contributed by atoms with Gasteiger partial charge in [0.1, 0.15) is 5.82 Å². The van der Waals surface area contributed by atoms with Crippen LogP contribution in [-0.2, 0) is 5.60 Å². The molecule has 0 bridgehead atoms. The molecule has 1 rings (SSSR count). The van der Waals surface area contributed by atoms with Gasteiger partial charge in [-0.2, -0.15) is 0 Å². The van der Waals surface area contributed by atoms with Crippen LogP contribution in [0, 0.1) is 18.7 Å². The van der Waals surface area contributed by atoms with Gasteiger partial charge >= 0.3 is 0 Å². The van der Waals surface area contributed by atoms with E-state index in [-0.39, 0.29) is 11.7 Å². The molecule has 0 aromatic heterocycles. The van der Waals surface area contributed by atoms with Gasteiger partial charge in [-0.05, 0) is 37.0 Å². The summed E-state index contributed by atoms with van der Waals surface area (Å²) in [5.41, 5.74) is 0.452. The Balaban J connectivity index is 3.14. The van der Waals surface area contributed by atoms with E-state index in [1.165, 1.54) is 6.07 Å². The van der Waals surface area contributed by atoms with Gasteiger partial charge in [-0.15, -0.1) is 0 Å². The molecular weight excluding hydrogens is 179 g/mol. The van der Waals surface area contributed by atoms with E-state index in [4.69, 9.17) is 0 Å². The molecule has 0 aliphatic rings. The number of hydrogen-bond donors (Lipinski definition) is 1. The Bertz CT molecular complexity index is 329. The van der Waals surface area contributed by atoms with E-state index in [2.05, 4.69) is 0 Å². The zero-order chi connectivity index (χ0) is 10.9. The van der Waals surface area contributed by atoms with Gasteiger partial charge in [-0.25, -0.2) is 4.39 Å². The first-order valence-corrected chi connectivity index (χ1v) is 4.84. The van der Waals surface area contributed by atoms with Crippen LogP contribution in [0.15, 0.2) is 18.2 Å². The Morgan fingerprint density at radius 3 is 2.36 bits per heavy atom. The van der Waals surface area contributed by atoms with Gasteiger partial charge in [-0.1, -0.05) is 26.0 Å². The van der Waals surface area contributed by atoms with E-state index in [0.29, 0.717) is 5.56 Å². The van der Waals surface area contributed by atoms with Gasteiger partial charge in [0.05, 0.1) is 5.60 Å². The quantitative estimate of drug-likeness (QED) is 0.771. The van der Waals surface area contributed by atoms with Crippen LogP contribution in [0.2, 0.25) is 0 Å². The Morgan fingerprint density at radius 1 is 1.36 bits per heavy atom. The molecule has 2 heteroatoms. The van der Waals surface area contributed by atoms with Crippen molar-refractivity contribution < 1.29 is 9.50 Å². The lowest BCUT2D eigenvalue weighted by Crippen LogP contribution is -2.28. The molecule has 0 saturated carbocycles. The van der Waals surface area contributed by atoms with Crippen LogP contribution in [0.3, 0.4) is 0 Å². The summed E-state index contributed by atoms with van der Waals surface area (Å²) in [5, 5.41) is 10.2. The van der Waals surface area contributed by atoms with Gasteiger partial charge < -0.3 is 5.11 Å². The Morgan fingerprint density at radius 2 is 1.93 bits per heavy atom. The summed E-state index contributed by atoms with van der Waals surface area (Å²) >= 11 is 0. The summed E-state index contributed by atoms with van der Waals surface area (Å²) in [6.07, 6.45) is 0. The van der Waals surface area contributed by atoms with Crippen molar-refractivity contribution in [3.05, 3.63) is 35.1 Å². The van der Waals surface area contributed by atoms with Crippen LogP contribution >= 0.6 is 0 Å². The summed E-state index contributed by atoms with van der Waals surface area (Å²) in [4.78, 5) is 0. The molecule has 0 spiro atoms. The lowest BCUT2D eigenvalue weighted by molar-refractivity contribution is 0.00894. The smallest absolute Gasteiger partial charge is 0.126 e. The van der Waals surface area contributed by atoms with Crippen molar-refractivity contribution in [2.45, 2.75) is 33.3 Å². The second-order valence-electron chi connectivity index (χ2n) is 4.27. The molecule has 0 aliphatic carbocycles. The van der Waals surface area contributed by atoms with E-state index in [9.17, 15) is 9.50 Å². The Hall–Kier alpha value is -0.890. The third-order valence-corrected chi connectivity index (χ3v) is 2.87. The minimum atomic E-state index is -0.890. The average molecular weight is 196 g/mol. The Labute approximate surface area is 84.6 Å². The standard InChI is InChI=1S/C12H17FO/c1-8(2)12(4,14)10-5-6-11(13)9(3)7-10/h5-8,14H,1-4H3. The van der Waals surface area contributed by atoms with Crippen molar-refractivity contribution in [1.29, 1.82) is 0 Å². The highest BCUT2D eigenvalue weighted by molar-refractivity contribution is 5.28. The van der Waals surface area contributed by atoms with Crippen LogP contribution in [0.5, 0.6) is 0 Å². The van der Waals surface area contributed by atoms with E-state index in [1.807, 2.05) is 13.8 Å². The second kappa shape index (κ2) is 3.70. The zero-order valence-electron chi connectivity index (χ0n) is 9.13. The Kier molecular flexibility index (Phi) is 2.95. The summed E-state index contributed by atoms with van der Waals surface area (Å²) in [6.45, 7) is 7.34. The number of halogens is 1. The fraction of sp³-hybridized carbons (Fsp3) is 0.500. The van der Waals surface area contributed by atoms with E-state index >= 15 is 0 Å². The molecule has 14 heavy (non-hydrogen) atoms. The van der Waals surface area contributed by atoms with Crippen molar-refractivity contribution in [2.24, 2.45) is 5.92 Å². The summed E-state index contributed by atoms with van der Waals surface area (Å²) in [7, 11) is 0. The topological polar surface area (TPSA) is 20.2 Å². The van der Waals surface area contributed by atoms with Gasteiger partial charge in [0.25, 0.3) is 0 Å². The van der Waals surface area contributed by atoms with Crippen molar-refractivity contribution in [3.8, 4) is 0 Å². The maximum atomic E-state index is 13.0. The average Bonchev–Trinajstić information content (AvgIpc) is 2.09. The summed E-state index contributed by atoms with van der Waals surface area (Å²) in [6, 6.07) is 4.75. The van der Waals surface area contributed by atoms with Crippen LogP contribution < -0.4 is 0 Å². The van der Waals surface area contributed by atoms with Gasteiger partial charge in [0, 0.05) is 0 Å². The first-order chi connectivity index (χ1) is 6.35. The minimum absolute atomic E-state index is 0.104. The molecular formula is C12H17FO. The number of aryl methyl sites for hydroxylation is 1. The molecule has 78 valence electrons. The summed E-state index contributed by atoms with van der Waals surface area (Å²) < 4.78 is 13.0. The van der Waals surface area contributed by atoms with Crippen molar-refractivity contribution >= 4 is 0 Å². The highest BCUT2D eigenvalue weighted by Crippen LogP contribution is 2.29. The highest BCUT2D eigenvalue weighted by atomic mass is 19.1. The molecule has 1 nitrogen and oxygen atoms in total. The first-order valence-electron chi connectivity index (χ1n) is 4.84. The molecule has 0 amide bonds. The summed E-state index contributed by atoms with van der Waals surface area (Å²) in [5.74, 6) is -0.124. The van der Waals surface area contributed by atoms with Crippen molar-refractivity contribution in [3.63, 3.8) is 0 Å². The van der Waals surface area contributed by atoms with E-state index in [0.717, 1.165) is 5.56 Å². The molecule has 1 unspecified atom stereocenters. The predicted octanol–water partition coefficient (Wildman–Crippen LogP) is 3.00. The maximum Gasteiger partial charge on any atom is 0.126 e. The molecule has 1 N–H and O–H groups in total. The van der Waals surface area contributed by atoms with E-state index < -0.39 is 5.60 Å². The molecule has 0 radical (unpaired) electrons. The molecule has 1 aromatic carbocycles. The highest BCUT2D eigenvalue weighted by Gasteiger charge is 2.27. The van der Waals surface area contributed by atoms with Crippen LogP contribution in [-0.4, -0.2) is 5.11 Å². The molecule has 0 aliphatic heterocycles. The minimum Gasteiger partial charge on any atom is -0.385 e. The third-order valence-electron chi connectivity index (χ3n) is 2.87. The molecule has 0 heterocycles. The number of aliphatic hydroxyl groups is 1. The largest absolute Gasteiger partial charge is 0.385 e. The lowest BCUT2D eigenvalue weighted by Gasteiger charge is -2.28. The van der Waals surface area contributed by atoms with Gasteiger partial charge in [-0.3, -0.25) is 0 Å². The van der Waals surface area contributed by atoms with Crippen LogP contribution in [0.1, 0.15) is 31.9 Å². The SMILES string of the molecule is Cc1cc(C(C)(O)C(C)C)ccc1F. The molecule has 0 saturated heterocycles. The number of rotatable bonds is 2. The normalized spacial score (nSPS) is 15.6. The maximum absolute atomic E-state index is 13.0. The van der Waals surface area contributed by atoms with Gasteiger partial charge in [0.15, 0.2) is 0 Å². The lowest BCUT2D eigenvalue weighted by atomic mass is 9.85. The third kappa shape index (κ3) is 1.95. The fourth-order valence-electron chi connectivity index (χ4n) is 1.29. The monoisotopic (exact) mass is 196 g/mol. The molecule has 0 fully saturated rings. The zero-order valence-corrected chi connectivity index (χ0v) is 9.13. The van der Waals surface area contributed by atoms with Gasteiger partial charge in [0.2, 0.25) is 0 Å².